The predicted molar refractivity (Wildman–Crippen MR) is 88.4 cm³/mol. The molecule has 7 heteroatoms. The molecular weight excluding hydrogens is 316 g/mol. The minimum Gasteiger partial charge on any atom is -0.444 e. The molecule has 1 aliphatic heterocycles. The smallest absolute Gasteiger partial charge is 0.410 e. The third-order valence-electron chi connectivity index (χ3n) is 3.56. The maximum atomic E-state index is 12.4. The number of carbonyl (C=O) groups is 1. The Labute approximate surface area is 137 Å². The fourth-order valence-electron chi connectivity index (χ4n) is 2.37. The Balaban J connectivity index is 1.91. The van der Waals surface area contributed by atoms with Gasteiger partial charge in [0.1, 0.15) is 5.60 Å². The van der Waals surface area contributed by atoms with Gasteiger partial charge in [0, 0.05) is 19.6 Å². The molecule has 1 N–H and O–H groups in total. The number of nitrogens with zero attached hydrogens (tertiary/aromatic N) is 1. The third kappa shape index (κ3) is 5.21. The molecule has 0 unspecified atom stereocenters. The summed E-state index contributed by atoms with van der Waals surface area (Å²) in [6, 6.07) is 9.34. The number of nitrogens with one attached hydrogen (secondary N) is 1. The number of hydrogen-bond donors (Lipinski definition) is 1. The maximum absolute atomic E-state index is 12.4. The molecule has 1 heterocycles. The molecule has 0 saturated carbocycles. The second-order valence-electron chi connectivity index (χ2n) is 6.69. The highest BCUT2D eigenvalue weighted by molar-refractivity contribution is 7.90. The molecule has 0 spiro atoms. The lowest BCUT2D eigenvalue weighted by Crippen LogP contribution is -2.39. The molecule has 0 aliphatic carbocycles. The van der Waals surface area contributed by atoms with E-state index >= 15 is 0 Å². The van der Waals surface area contributed by atoms with Crippen LogP contribution in [0.2, 0.25) is 0 Å². The molecule has 1 saturated heterocycles. The number of hydrogen-bond acceptors (Lipinski definition) is 4. The Morgan fingerprint density at radius 2 is 1.96 bits per heavy atom. The molecule has 2 rings (SSSR count). The van der Waals surface area contributed by atoms with Crippen LogP contribution in [0.3, 0.4) is 0 Å². The van der Waals surface area contributed by atoms with Crippen molar-refractivity contribution in [3.8, 4) is 0 Å². The van der Waals surface area contributed by atoms with E-state index in [9.17, 15) is 13.2 Å². The van der Waals surface area contributed by atoms with Gasteiger partial charge in [-0.1, -0.05) is 30.3 Å². The summed E-state index contributed by atoms with van der Waals surface area (Å²) in [7, 11) is -3.47. The van der Waals surface area contributed by atoms with Crippen LogP contribution >= 0.6 is 0 Å². The average Bonchev–Trinajstić information content (AvgIpc) is 2.95. The molecule has 128 valence electrons. The molecule has 0 radical (unpaired) electrons. The standard InChI is InChI=1S/C16H24N2O4S/c1-16(2,3)22-15(19)18-10-9-14(12-18)23(20,21)17-11-13-7-5-4-6-8-13/h4-8,14,17H,9-12H2,1-3H3/t14-/m1/s1. The van der Waals surface area contributed by atoms with Crippen molar-refractivity contribution in [2.45, 2.75) is 44.6 Å². The van der Waals surface area contributed by atoms with Gasteiger partial charge in [0.2, 0.25) is 10.0 Å². The van der Waals surface area contributed by atoms with Crippen molar-refractivity contribution in [3.05, 3.63) is 35.9 Å². The number of likely N-dealkylation sites (tertiary alicyclic amines) is 1. The van der Waals surface area contributed by atoms with E-state index in [0.717, 1.165) is 5.56 Å². The van der Waals surface area contributed by atoms with Crippen LogP contribution in [0.1, 0.15) is 32.8 Å². The highest BCUT2D eigenvalue weighted by Crippen LogP contribution is 2.19. The summed E-state index contributed by atoms with van der Waals surface area (Å²) in [5.74, 6) is 0. The quantitative estimate of drug-likeness (QED) is 0.911. The summed E-state index contributed by atoms with van der Waals surface area (Å²) in [6.07, 6.45) is -0.0399. The first-order chi connectivity index (χ1) is 10.7. The van der Waals surface area contributed by atoms with Crippen LogP contribution < -0.4 is 4.72 Å². The molecule has 1 aromatic carbocycles. The van der Waals surface area contributed by atoms with E-state index in [0.29, 0.717) is 13.0 Å². The van der Waals surface area contributed by atoms with E-state index in [-0.39, 0.29) is 13.1 Å². The first-order valence-electron chi connectivity index (χ1n) is 7.68. The van der Waals surface area contributed by atoms with Gasteiger partial charge in [-0.05, 0) is 32.8 Å². The Morgan fingerprint density at radius 1 is 1.30 bits per heavy atom. The lowest BCUT2D eigenvalue weighted by atomic mass is 10.2. The topological polar surface area (TPSA) is 75.7 Å². The summed E-state index contributed by atoms with van der Waals surface area (Å²) in [6.45, 7) is 6.18. The van der Waals surface area contributed by atoms with Crippen LogP contribution in [-0.4, -0.2) is 43.4 Å². The number of rotatable bonds is 4. The van der Waals surface area contributed by atoms with Gasteiger partial charge in [-0.25, -0.2) is 17.9 Å². The molecule has 23 heavy (non-hydrogen) atoms. The van der Waals surface area contributed by atoms with Crippen molar-refractivity contribution in [2.75, 3.05) is 13.1 Å². The second-order valence-corrected chi connectivity index (χ2v) is 8.73. The average molecular weight is 340 g/mol. The van der Waals surface area contributed by atoms with E-state index < -0.39 is 27.0 Å². The van der Waals surface area contributed by atoms with Gasteiger partial charge in [0.05, 0.1) is 5.25 Å². The van der Waals surface area contributed by atoms with Gasteiger partial charge in [-0.3, -0.25) is 0 Å². The Hall–Kier alpha value is -1.60. The SMILES string of the molecule is CC(C)(C)OC(=O)N1CC[C@@H](S(=O)(=O)NCc2ccccc2)C1. The van der Waals surface area contributed by atoms with Gasteiger partial charge >= 0.3 is 6.09 Å². The van der Waals surface area contributed by atoms with E-state index in [1.54, 1.807) is 20.8 Å². The Kier molecular flexibility index (Phi) is 5.31. The first kappa shape index (κ1) is 17.7. The maximum Gasteiger partial charge on any atom is 0.410 e. The molecular formula is C16H24N2O4S. The fraction of sp³-hybridized carbons (Fsp3) is 0.562. The highest BCUT2D eigenvalue weighted by Gasteiger charge is 2.36. The number of amides is 1. The van der Waals surface area contributed by atoms with Crippen LogP contribution in [0, 0.1) is 0 Å². The van der Waals surface area contributed by atoms with E-state index in [4.69, 9.17) is 4.74 Å². The number of sulfonamides is 1. The van der Waals surface area contributed by atoms with Crippen molar-refractivity contribution < 1.29 is 17.9 Å². The van der Waals surface area contributed by atoms with E-state index in [1.165, 1.54) is 4.90 Å². The van der Waals surface area contributed by atoms with Gasteiger partial charge in [0.15, 0.2) is 0 Å². The third-order valence-corrected chi connectivity index (χ3v) is 5.36. The predicted octanol–water partition coefficient (Wildman–Crippen LogP) is 2.12. The molecule has 1 atom stereocenters. The Morgan fingerprint density at radius 3 is 2.57 bits per heavy atom. The zero-order valence-electron chi connectivity index (χ0n) is 13.8. The van der Waals surface area contributed by atoms with Crippen molar-refractivity contribution in [3.63, 3.8) is 0 Å². The van der Waals surface area contributed by atoms with Crippen LogP contribution in [0.4, 0.5) is 4.79 Å². The highest BCUT2D eigenvalue weighted by atomic mass is 32.2. The largest absolute Gasteiger partial charge is 0.444 e. The fourth-order valence-corrected chi connectivity index (χ4v) is 3.77. The van der Waals surface area contributed by atoms with Gasteiger partial charge in [-0.2, -0.15) is 0 Å². The summed E-state index contributed by atoms with van der Waals surface area (Å²) in [5, 5.41) is -0.598. The second kappa shape index (κ2) is 6.88. The number of benzene rings is 1. The zero-order chi connectivity index (χ0) is 17.1. The van der Waals surface area contributed by atoms with Crippen LogP contribution in [0.5, 0.6) is 0 Å². The number of carbonyl (C=O) groups excluding carboxylic acids is 1. The van der Waals surface area contributed by atoms with Crippen LogP contribution in [-0.2, 0) is 21.3 Å². The minimum atomic E-state index is -3.47. The summed E-state index contributed by atoms with van der Waals surface area (Å²) in [5.41, 5.74) is 0.317. The number of ether oxygens (including phenoxy) is 1. The monoisotopic (exact) mass is 340 g/mol. The first-order valence-corrected chi connectivity index (χ1v) is 9.22. The van der Waals surface area contributed by atoms with E-state index in [1.807, 2.05) is 30.3 Å². The zero-order valence-corrected chi connectivity index (χ0v) is 14.6. The Bertz CT molecular complexity index is 638. The van der Waals surface area contributed by atoms with Gasteiger partial charge in [0.25, 0.3) is 0 Å². The molecule has 1 fully saturated rings. The van der Waals surface area contributed by atoms with Crippen molar-refractivity contribution >= 4 is 16.1 Å². The summed E-state index contributed by atoms with van der Waals surface area (Å²) < 4.78 is 32.6. The summed E-state index contributed by atoms with van der Waals surface area (Å²) in [4.78, 5) is 13.5. The normalized spacial score (nSPS) is 18.9. The van der Waals surface area contributed by atoms with Gasteiger partial charge < -0.3 is 9.64 Å². The van der Waals surface area contributed by atoms with Gasteiger partial charge in [-0.15, -0.1) is 0 Å². The lowest BCUT2D eigenvalue weighted by molar-refractivity contribution is 0.0295. The van der Waals surface area contributed by atoms with Crippen molar-refractivity contribution in [1.82, 2.24) is 9.62 Å². The van der Waals surface area contributed by atoms with Crippen molar-refractivity contribution in [1.29, 1.82) is 0 Å². The van der Waals surface area contributed by atoms with Crippen LogP contribution in [0.15, 0.2) is 30.3 Å². The molecule has 0 aromatic heterocycles. The molecule has 0 bridgehead atoms. The minimum absolute atomic E-state index is 0.166. The lowest BCUT2D eigenvalue weighted by Gasteiger charge is -2.24. The molecule has 1 amide bonds. The molecule has 1 aromatic rings. The van der Waals surface area contributed by atoms with Crippen molar-refractivity contribution in [2.24, 2.45) is 0 Å². The summed E-state index contributed by atoms with van der Waals surface area (Å²) >= 11 is 0. The molecule has 1 aliphatic rings. The van der Waals surface area contributed by atoms with E-state index in [2.05, 4.69) is 4.72 Å². The molecule has 6 nitrogen and oxygen atoms in total. The van der Waals surface area contributed by atoms with Crippen LogP contribution in [0.25, 0.3) is 0 Å².